The Labute approximate surface area is 507 Å². The molecule has 0 aromatic heterocycles. The van der Waals surface area contributed by atoms with E-state index in [4.69, 9.17) is 0 Å². The second-order valence-electron chi connectivity index (χ2n) is 20.2. The van der Waals surface area contributed by atoms with E-state index in [2.05, 4.69) is 55.4 Å². The Kier molecular flexibility index (Phi) is 45.5. The maximum Gasteiger partial charge on any atom is 0.230 e. The van der Waals surface area contributed by atoms with Gasteiger partial charge in [-0.25, -0.2) is 0 Å². The summed E-state index contributed by atoms with van der Waals surface area (Å²) in [6.07, 6.45) is 16.4. The van der Waals surface area contributed by atoms with Crippen molar-refractivity contribution in [3.63, 3.8) is 0 Å². The summed E-state index contributed by atoms with van der Waals surface area (Å²) in [4.78, 5) is 105. The van der Waals surface area contributed by atoms with Crippen LogP contribution in [0.25, 0.3) is 0 Å². The van der Waals surface area contributed by atoms with Gasteiger partial charge in [0.2, 0.25) is 23.6 Å². The van der Waals surface area contributed by atoms with Crippen molar-refractivity contribution in [1.82, 2.24) is 19.6 Å². The Morgan fingerprint density at radius 3 is 0.506 bits per heavy atom. The van der Waals surface area contributed by atoms with Gasteiger partial charge in [0.15, 0.2) is 23.1 Å². The van der Waals surface area contributed by atoms with Gasteiger partial charge >= 0.3 is 0 Å². The molecule has 0 aliphatic carbocycles. The van der Waals surface area contributed by atoms with Crippen LogP contribution < -0.4 is 0 Å². The molecule has 0 aliphatic rings. The summed E-state index contributed by atoms with van der Waals surface area (Å²) >= 11 is 0. The van der Waals surface area contributed by atoms with Gasteiger partial charge in [0.05, 0.1) is 25.7 Å². The molecule has 4 amide bonds. The molecule has 4 rings (SSSR count). The second-order valence-corrected chi connectivity index (χ2v) is 20.2. The number of unbranched alkanes of at least 4 members (excludes halogenated alkanes) is 8. The molecule has 444 valence electrons. The fourth-order valence-electron chi connectivity index (χ4n) is 8.14. The number of benzene rings is 4. The van der Waals surface area contributed by atoms with Crippen LogP contribution in [0.4, 0.5) is 0 Å². The van der Waals surface area contributed by atoms with Gasteiger partial charge in [-0.2, -0.15) is 0 Å². The maximum absolute atomic E-state index is 12.2. The zero-order valence-electron chi connectivity index (χ0n) is 50.9. The summed E-state index contributed by atoms with van der Waals surface area (Å²) < 4.78 is 0. The zero-order chi connectivity index (χ0) is 59.2. The average molecular weight is 1190 g/mol. The van der Waals surface area contributed by atoms with E-state index in [1.165, 1.54) is 0 Å². The first-order valence-corrected chi connectivity index (χ1v) is 30.2. The van der Waals surface area contributed by atoms with Crippen LogP contribution in [0.2, 0.25) is 0 Å². The zero-order valence-corrected chi connectivity index (χ0v) is 53.4. The molecule has 0 radical (unpaired) electrons. The molecule has 4 aromatic carbocycles. The molecule has 0 atom stereocenters. The number of carbonyl (C=O) groups is 8. The predicted molar refractivity (Wildman–Crippen MR) is 327 cm³/mol. The molecule has 0 fully saturated rings. The van der Waals surface area contributed by atoms with Crippen LogP contribution in [-0.2, 0) is 45.4 Å². The SMILES string of the molecule is CCCCN(CCCC)C(=O)CC(=O)c1ccccc1.CCCCN(CCCC)C(=O)CC(=O)c1ccccc1.CCCCN(CCCC)C(=O)CC(=O)c1ccccc1.CCCCN(CCCC)C(=O)CC(=O)c1ccccc1.[Zr]. The Morgan fingerprint density at radius 2 is 0.383 bits per heavy atom. The van der Waals surface area contributed by atoms with E-state index < -0.39 is 0 Å². The van der Waals surface area contributed by atoms with Gasteiger partial charge in [0.1, 0.15) is 0 Å². The van der Waals surface area contributed by atoms with E-state index in [1.807, 2.05) is 92.4 Å². The van der Waals surface area contributed by atoms with Crippen LogP contribution in [0, 0.1) is 0 Å². The van der Waals surface area contributed by atoms with Crippen molar-refractivity contribution >= 4 is 46.8 Å². The summed E-state index contributed by atoms with van der Waals surface area (Å²) in [6.45, 7) is 23.0. The maximum atomic E-state index is 12.2. The Hall–Kier alpha value is -5.68. The topological polar surface area (TPSA) is 150 Å². The van der Waals surface area contributed by atoms with Crippen LogP contribution in [0.5, 0.6) is 0 Å². The molecule has 4 aromatic rings. The second kappa shape index (κ2) is 49.0. The molecular weight excluding hydrogens is 1090 g/mol. The molecule has 0 unspecified atom stereocenters. The van der Waals surface area contributed by atoms with E-state index in [9.17, 15) is 38.4 Å². The third-order valence-electron chi connectivity index (χ3n) is 13.3. The number of Topliss-reactive ketones (excluding diaryl/α,β-unsaturated/α-hetero) is 4. The number of ketones is 4. The summed E-state index contributed by atoms with van der Waals surface area (Å²) in [5.74, 6) is -0.521. The molecule has 0 spiro atoms. The van der Waals surface area contributed by atoms with E-state index in [-0.39, 0.29) is 98.6 Å². The number of rotatable bonds is 36. The van der Waals surface area contributed by atoms with Gasteiger partial charge < -0.3 is 19.6 Å². The van der Waals surface area contributed by atoms with E-state index in [1.54, 1.807) is 48.5 Å². The van der Waals surface area contributed by atoms with Gasteiger partial charge in [-0.3, -0.25) is 38.4 Å². The fourth-order valence-corrected chi connectivity index (χ4v) is 8.14. The summed E-state index contributed by atoms with van der Waals surface area (Å²) in [7, 11) is 0. The molecule has 0 bridgehead atoms. The summed E-state index contributed by atoms with van der Waals surface area (Å²) in [5.41, 5.74) is 2.47. The fraction of sp³-hybridized carbons (Fsp3) is 0.529. The number of hydrogen-bond donors (Lipinski definition) is 0. The van der Waals surface area contributed by atoms with Gasteiger partial charge in [-0.05, 0) is 51.4 Å². The molecule has 0 saturated heterocycles. The predicted octanol–water partition coefficient (Wildman–Crippen LogP) is 14.8. The van der Waals surface area contributed by atoms with Crippen molar-refractivity contribution in [2.24, 2.45) is 0 Å². The van der Waals surface area contributed by atoms with Crippen molar-refractivity contribution in [3.05, 3.63) is 144 Å². The standard InChI is InChI=1S/4C17H25NO2.Zr/c4*1-3-5-12-18(13-6-4-2)17(20)14-16(19)15-10-8-7-9-11-15;/h4*7-11H,3-6,12-14H2,1-2H3;. The molecule has 13 heteroatoms. The van der Waals surface area contributed by atoms with Crippen LogP contribution in [0.1, 0.15) is 225 Å². The van der Waals surface area contributed by atoms with Gasteiger partial charge in [-0.15, -0.1) is 0 Å². The monoisotopic (exact) mass is 1190 g/mol. The molecule has 0 saturated carbocycles. The summed E-state index contributed by atoms with van der Waals surface area (Å²) in [5, 5.41) is 0. The normalized spacial score (nSPS) is 10.2. The van der Waals surface area contributed by atoms with E-state index in [0.717, 1.165) is 155 Å². The van der Waals surface area contributed by atoms with Crippen molar-refractivity contribution in [1.29, 1.82) is 0 Å². The van der Waals surface area contributed by atoms with Gasteiger partial charge in [0, 0.05) is 101 Å². The van der Waals surface area contributed by atoms with Crippen LogP contribution in [0.15, 0.2) is 121 Å². The third kappa shape index (κ3) is 34.4. The molecule has 0 aliphatic heterocycles. The minimum atomic E-state index is -0.0893. The number of nitrogens with zero attached hydrogens (tertiary/aromatic N) is 4. The van der Waals surface area contributed by atoms with Crippen molar-refractivity contribution < 1.29 is 64.6 Å². The van der Waals surface area contributed by atoms with Crippen molar-refractivity contribution in [2.45, 2.75) is 184 Å². The van der Waals surface area contributed by atoms with E-state index >= 15 is 0 Å². The average Bonchev–Trinajstić information content (AvgIpc) is 3.48. The quantitative estimate of drug-likeness (QED) is 0.0323. The van der Waals surface area contributed by atoms with Gasteiger partial charge in [-0.1, -0.05) is 228 Å². The first-order valence-electron chi connectivity index (χ1n) is 30.2. The third-order valence-corrected chi connectivity index (χ3v) is 13.3. The number of carbonyl (C=O) groups excluding carboxylic acids is 8. The van der Waals surface area contributed by atoms with Crippen molar-refractivity contribution in [2.75, 3.05) is 52.4 Å². The van der Waals surface area contributed by atoms with E-state index in [0.29, 0.717) is 22.3 Å². The van der Waals surface area contributed by atoms with Crippen molar-refractivity contribution in [3.8, 4) is 0 Å². The molecule has 0 N–H and O–H groups in total. The first kappa shape index (κ1) is 75.3. The Balaban J connectivity index is 0.00000105. The minimum absolute atomic E-state index is 0. The molecular formula is C68H100N4O8Zr. The smallest absolute Gasteiger partial charge is 0.230 e. The Morgan fingerprint density at radius 1 is 0.247 bits per heavy atom. The molecule has 0 heterocycles. The van der Waals surface area contributed by atoms with Gasteiger partial charge in [0.25, 0.3) is 0 Å². The minimum Gasteiger partial charge on any atom is -0.342 e. The number of hydrogen-bond acceptors (Lipinski definition) is 8. The molecule has 81 heavy (non-hydrogen) atoms. The van der Waals surface area contributed by atoms with Crippen LogP contribution >= 0.6 is 0 Å². The molecule has 12 nitrogen and oxygen atoms in total. The first-order chi connectivity index (χ1) is 38.7. The summed E-state index contributed by atoms with van der Waals surface area (Å²) in [6, 6.07) is 36.2. The largest absolute Gasteiger partial charge is 0.342 e. The van der Waals surface area contributed by atoms with Crippen LogP contribution in [0.3, 0.4) is 0 Å². The van der Waals surface area contributed by atoms with Crippen LogP contribution in [-0.4, -0.2) is 119 Å². The Bertz CT molecular complexity index is 1960. The number of amides is 4.